The van der Waals surface area contributed by atoms with Crippen molar-refractivity contribution in [3.05, 3.63) is 29.8 Å². The summed E-state index contributed by atoms with van der Waals surface area (Å²) in [6, 6.07) is 1.99. The molecule has 4 heteroatoms. The van der Waals surface area contributed by atoms with Gasteiger partial charge in [-0.3, -0.25) is 4.98 Å². The molecule has 0 fully saturated rings. The Balaban J connectivity index is 2.53. The Hall–Kier alpha value is -1.84. The normalized spacial score (nSPS) is 11.2. The van der Waals surface area contributed by atoms with Crippen molar-refractivity contribution >= 4 is 5.82 Å². The predicted molar refractivity (Wildman–Crippen MR) is 83.6 cm³/mol. The van der Waals surface area contributed by atoms with Crippen LogP contribution in [0.1, 0.15) is 50.9 Å². The van der Waals surface area contributed by atoms with E-state index >= 15 is 0 Å². The van der Waals surface area contributed by atoms with Crippen molar-refractivity contribution in [2.24, 2.45) is 0 Å². The molecule has 0 bridgehead atoms. The second-order valence-corrected chi connectivity index (χ2v) is 5.55. The van der Waals surface area contributed by atoms with Crippen LogP contribution in [0, 0.1) is 6.92 Å². The topological polar surface area (TPSA) is 56.7 Å². The summed E-state index contributed by atoms with van der Waals surface area (Å²) in [5.74, 6) is 2.19. The first-order valence-electron chi connectivity index (χ1n) is 7.33. The van der Waals surface area contributed by atoms with Gasteiger partial charge in [0.25, 0.3) is 0 Å². The number of hydrogen-bond acceptors (Lipinski definition) is 3. The summed E-state index contributed by atoms with van der Waals surface area (Å²) in [7, 11) is 0. The number of anilines is 1. The molecular formula is C16H24N4. The van der Waals surface area contributed by atoms with Crippen molar-refractivity contribution in [2.45, 2.75) is 53.0 Å². The number of unbranched alkanes of at least 4 members (excludes halogenated alkanes) is 1. The fraction of sp³-hybridized carbons (Fsp3) is 0.500. The zero-order chi connectivity index (χ0) is 14.7. The van der Waals surface area contributed by atoms with Gasteiger partial charge in [-0.05, 0) is 25.0 Å². The largest absolute Gasteiger partial charge is 0.383 e. The summed E-state index contributed by atoms with van der Waals surface area (Å²) in [5, 5.41) is 0. The molecule has 0 atom stereocenters. The van der Waals surface area contributed by atoms with Crippen LogP contribution in [0.3, 0.4) is 0 Å². The molecule has 0 unspecified atom stereocenters. The van der Waals surface area contributed by atoms with Gasteiger partial charge in [0.15, 0.2) is 0 Å². The molecule has 0 radical (unpaired) electrons. The highest BCUT2D eigenvalue weighted by Gasteiger charge is 2.19. The highest BCUT2D eigenvalue weighted by molar-refractivity contribution is 5.73. The van der Waals surface area contributed by atoms with E-state index in [9.17, 15) is 0 Å². The molecule has 0 spiro atoms. The average molecular weight is 272 g/mol. The first-order valence-corrected chi connectivity index (χ1v) is 7.33. The molecule has 0 amide bonds. The van der Waals surface area contributed by atoms with Crippen molar-refractivity contribution in [3.8, 4) is 11.3 Å². The van der Waals surface area contributed by atoms with Crippen LogP contribution in [0.4, 0.5) is 5.82 Å². The summed E-state index contributed by atoms with van der Waals surface area (Å²) in [4.78, 5) is 9.00. The second-order valence-electron chi connectivity index (χ2n) is 5.55. The van der Waals surface area contributed by atoms with Gasteiger partial charge in [0.2, 0.25) is 0 Å². The number of hydrogen-bond donors (Lipinski definition) is 1. The van der Waals surface area contributed by atoms with Crippen LogP contribution in [0.15, 0.2) is 18.5 Å². The molecule has 2 N–H and O–H groups in total. The Labute approximate surface area is 121 Å². The molecule has 108 valence electrons. The number of nitrogens with two attached hydrogens (primary N) is 1. The maximum atomic E-state index is 6.36. The van der Waals surface area contributed by atoms with Crippen molar-refractivity contribution in [3.63, 3.8) is 0 Å². The van der Waals surface area contributed by atoms with E-state index in [-0.39, 0.29) is 0 Å². The second kappa shape index (κ2) is 6.07. The van der Waals surface area contributed by atoms with Gasteiger partial charge in [0.05, 0.1) is 0 Å². The number of aromatic nitrogens is 3. The number of nitrogens with zero attached hydrogens (tertiary/aromatic N) is 3. The van der Waals surface area contributed by atoms with Crippen molar-refractivity contribution in [2.75, 3.05) is 5.73 Å². The fourth-order valence-electron chi connectivity index (χ4n) is 2.39. The lowest BCUT2D eigenvalue weighted by atomic mass is 10.1. The standard InChI is InChI=1S/C16H24N4/c1-5-6-9-20-15(17)14(19-16(20)11(2)3)13-10-18-8-7-12(13)4/h7-8,10-11H,5-6,9,17H2,1-4H3. The van der Waals surface area contributed by atoms with E-state index in [1.165, 1.54) is 0 Å². The summed E-state index contributed by atoms with van der Waals surface area (Å²) >= 11 is 0. The lowest BCUT2D eigenvalue weighted by Gasteiger charge is -2.11. The average Bonchev–Trinajstić information content (AvgIpc) is 2.74. The van der Waals surface area contributed by atoms with Crippen LogP contribution in [-0.2, 0) is 6.54 Å². The third kappa shape index (κ3) is 2.69. The molecule has 20 heavy (non-hydrogen) atoms. The molecule has 2 heterocycles. The highest BCUT2D eigenvalue weighted by Crippen LogP contribution is 2.31. The van der Waals surface area contributed by atoms with Gasteiger partial charge >= 0.3 is 0 Å². The Kier molecular flexibility index (Phi) is 4.42. The lowest BCUT2D eigenvalue weighted by molar-refractivity contribution is 0.588. The van der Waals surface area contributed by atoms with Gasteiger partial charge in [-0.2, -0.15) is 0 Å². The van der Waals surface area contributed by atoms with Gasteiger partial charge in [-0.25, -0.2) is 4.98 Å². The van der Waals surface area contributed by atoms with E-state index in [2.05, 4.69) is 37.2 Å². The first-order chi connectivity index (χ1) is 9.56. The Bertz CT molecular complexity index is 584. The van der Waals surface area contributed by atoms with Crippen molar-refractivity contribution < 1.29 is 0 Å². The van der Waals surface area contributed by atoms with Crippen molar-refractivity contribution in [1.82, 2.24) is 14.5 Å². The summed E-state index contributed by atoms with van der Waals surface area (Å²) in [5.41, 5.74) is 9.41. The Morgan fingerprint density at radius 1 is 1.35 bits per heavy atom. The molecular weight excluding hydrogens is 248 g/mol. The van der Waals surface area contributed by atoms with Gasteiger partial charge in [-0.15, -0.1) is 0 Å². The quantitative estimate of drug-likeness (QED) is 0.901. The first kappa shape index (κ1) is 14.6. The van der Waals surface area contributed by atoms with Gasteiger partial charge < -0.3 is 10.3 Å². The minimum atomic E-state index is 0.361. The monoisotopic (exact) mass is 272 g/mol. The smallest absolute Gasteiger partial charge is 0.131 e. The maximum Gasteiger partial charge on any atom is 0.131 e. The van der Waals surface area contributed by atoms with Crippen LogP contribution >= 0.6 is 0 Å². The van der Waals surface area contributed by atoms with Crippen molar-refractivity contribution in [1.29, 1.82) is 0 Å². The number of imidazole rings is 1. The van der Waals surface area contributed by atoms with Gasteiger partial charge in [0.1, 0.15) is 17.3 Å². The molecule has 4 nitrogen and oxygen atoms in total. The summed E-state index contributed by atoms with van der Waals surface area (Å²) in [6.07, 6.45) is 5.91. The minimum Gasteiger partial charge on any atom is -0.383 e. The third-order valence-electron chi connectivity index (χ3n) is 3.58. The summed E-state index contributed by atoms with van der Waals surface area (Å²) in [6.45, 7) is 9.50. The van der Waals surface area contributed by atoms with E-state index in [1.54, 1.807) is 6.20 Å². The fourth-order valence-corrected chi connectivity index (χ4v) is 2.39. The predicted octanol–water partition coefficient (Wildman–Crippen LogP) is 3.76. The zero-order valence-corrected chi connectivity index (χ0v) is 12.8. The maximum absolute atomic E-state index is 6.36. The number of rotatable bonds is 5. The number of pyridine rings is 1. The SMILES string of the molecule is CCCCn1c(C(C)C)nc(-c2cnccc2C)c1N. The molecule has 0 aliphatic heterocycles. The van der Waals surface area contributed by atoms with E-state index < -0.39 is 0 Å². The molecule has 0 saturated carbocycles. The van der Waals surface area contributed by atoms with Crippen LogP contribution in [-0.4, -0.2) is 14.5 Å². The number of aryl methyl sites for hydroxylation is 1. The van der Waals surface area contributed by atoms with Crippen LogP contribution in [0.5, 0.6) is 0 Å². The van der Waals surface area contributed by atoms with E-state index in [1.807, 2.05) is 12.3 Å². The molecule has 2 aromatic rings. The van der Waals surface area contributed by atoms with E-state index in [4.69, 9.17) is 10.7 Å². The minimum absolute atomic E-state index is 0.361. The highest BCUT2D eigenvalue weighted by atomic mass is 15.1. The molecule has 0 saturated heterocycles. The van der Waals surface area contributed by atoms with E-state index in [0.29, 0.717) is 5.92 Å². The zero-order valence-electron chi connectivity index (χ0n) is 12.8. The van der Waals surface area contributed by atoms with Gasteiger partial charge in [0, 0.05) is 30.4 Å². The Morgan fingerprint density at radius 2 is 2.10 bits per heavy atom. The van der Waals surface area contributed by atoms with Crippen LogP contribution in [0.2, 0.25) is 0 Å². The summed E-state index contributed by atoms with van der Waals surface area (Å²) < 4.78 is 2.16. The van der Waals surface area contributed by atoms with E-state index in [0.717, 1.165) is 47.8 Å². The molecule has 0 aliphatic carbocycles. The van der Waals surface area contributed by atoms with Crippen LogP contribution in [0.25, 0.3) is 11.3 Å². The number of nitrogen functional groups attached to an aromatic ring is 1. The third-order valence-corrected chi connectivity index (χ3v) is 3.58. The molecule has 2 rings (SSSR count). The van der Waals surface area contributed by atoms with Crippen LogP contribution < -0.4 is 5.73 Å². The van der Waals surface area contributed by atoms with Gasteiger partial charge in [-0.1, -0.05) is 27.2 Å². The molecule has 2 aromatic heterocycles. The molecule has 0 aromatic carbocycles. The molecule has 0 aliphatic rings. The lowest BCUT2D eigenvalue weighted by Crippen LogP contribution is -2.08. The Morgan fingerprint density at radius 3 is 2.70 bits per heavy atom.